The topological polar surface area (TPSA) is 60.7 Å². The number of fused-ring (bicyclic) bond motifs is 2. The number of imidazole rings is 1. The summed E-state index contributed by atoms with van der Waals surface area (Å²) in [6.07, 6.45) is 6.67. The van der Waals surface area contributed by atoms with Gasteiger partial charge in [-0.1, -0.05) is 12.1 Å². The van der Waals surface area contributed by atoms with Crippen LogP contribution in [0.15, 0.2) is 42.7 Å². The molecule has 0 amide bonds. The molecule has 1 aliphatic rings. The van der Waals surface area contributed by atoms with Crippen LogP contribution in [0.25, 0.3) is 5.65 Å². The Bertz CT molecular complexity index is 988. The van der Waals surface area contributed by atoms with Crippen molar-refractivity contribution in [1.29, 1.82) is 0 Å². The summed E-state index contributed by atoms with van der Waals surface area (Å²) in [5.41, 5.74) is 5.08. The second-order valence-electron chi connectivity index (χ2n) is 6.43. The summed E-state index contributed by atoms with van der Waals surface area (Å²) in [4.78, 5) is 28.7. The Morgan fingerprint density at radius 3 is 2.88 bits per heavy atom. The van der Waals surface area contributed by atoms with Gasteiger partial charge in [0.2, 0.25) is 0 Å². The molecule has 0 saturated heterocycles. The lowest BCUT2D eigenvalue weighted by Gasteiger charge is -2.05. The molecule has 0 bridgehead atoms. The second kappa shape index (κ2) is 6.16. The first-order valence-corrected chi connectivity index (χ1v) is 8.37. The van der Waals surface area contributed by atoms with Gasteiger partial charge in [-0.2, -0.15) is 0 Å². The molecule has 1 aromatic carbocycles. The van der Waals surface area contributed by atoms with Gasteiger partial charge in [-0.25, -0.2) is 9.78 Å². The Morgan fingerprint density at radius 2 is 2.00 bits per heavy atom. The molecule has 0 atom stereocenters. The Kier molecular flexibility index (Phi) is 3.84. The monoisotopic (exact) mass is 334 g/mol. The molecule has 0 fully saturated rings. The zero-order valence-electron chi connectivity index (χ0n) is 14.0. The third kappa shape index (κ3) is 3.05. The molecule has 5 nitrogen and oxygen atoms in total. The quantitative estimate of drug-likeness (QED) is 0.543. The number of rotatable bonds is 4. The fourth-order valence-corrected chi connectivity index (χ4v) is 3.22. The molecule has 4 rings (SSSR count). The van der Waals surface area contributed by atoms with Crippen LogP contribution in [0, 0.1) is 6.92 Å². The van der Waals surface area contributed by atoms with Crippen molar-refractivity contribution in [1.82, 2.24) is 9.38 Å². The van der Waals surface area contributed by atoms with E-state index in [4.69, 9.17) is 4.74 Å². The number of Topliss-reactive ketones (excluding diaryl/α,β-unsaturated/α-hetero) is 1. The molecular weight excluding hydrogens is 316 g/mol. The lowest BCUT2D eigenvalue weighted by Crippen LogP contribution is -2.14. The van der Waals surface area contributed by atoms with Crippen molar-refractivity contribution < 1.29 is 14.3 Å². The minimum absolute atomic E-state index is 0.192. The maximum Gasteiger partial charge on any atom is 0.359 e. The fraction of sp³-hybridized carbons (Fsp3) is 0.250. The van der Waals surface area contributed by atoms with Gasteiger partial charge in [0, 0.05) is 18.0 Å². The van der Waals surface area contributed by atoms with Gasteiger partial charge in [0.15, 0.2) is 18.1 Å². The third-order valence-electron chi connectivity index (χ3n) is 4.58. The van der Waals surface area contributed by atoms with E-state index >= 15 is 0 Å². The molecule has 3 aromatic rings. The van der Waals surface area contributed by atoms with Crippen molar-refractivity contribution in [2.45, 2.75) is 26.2 Å². The summed E-state index contributed by atoms with van der Waals surface area (Å²) in [5.74, 6) is -0.779. The average Bonchev–Trinajstić information content (AvgIpc) is 3.24. The molecule has 0 saturated carbocycles. The van der Waals surface area contributed by atoms with E-state index in [0.717, 1.165) is 24.8 Å². The highest BCUT2D eigenvalue weighted by atomic mass is 16.5. The zero-order valence-corrected chi connectivity index (χ0v) is 14.0. The summed E-state index contributed by atoms with van der Waals surface area (Å²) >= 11 is 0. The van der Waals surface area contributed by atoms with E-state index in [0.29, 0.717) is 11.2 Å². The number of hydrogen-bond donors (Lipinski definition) is 0. The van der Waals surface area contributed by atoms with Gasteiger partial charge in [-0.05, 0) is 61.1 Å². The van der Waals surface area contributed by atoms with Gasteiger partial charge in [0.05, 0.1) is 0 Å². The van der Waals surface area contributed by atoms with Crippen molar-refractivity contribution in [3.63, 3.8) is 0 Å². The minimum atomic E-state index is -0.587. The van der Waals surface area contributed by atoms with Gasteiger partial charge in [0.25, 0.3) is 0 Å². The average molecular weight is 334 g/mol. The normalized spacial score (nSPS) is 13.0. The maximum atomic E-state index is 12.3. The number of hydrogen-bond acceptors (Lipinski definition) is 4. The van der Waals surface area contributed by atoms with Crippen LogP contribution in [0.1, 0.15) is 44.0 Å². The predicted octanol–water partition coefficient (Wildman–Crippen LogP) is 3.17. The second-order valence-corrected chi connectivity index (χ2v) is 6.43. The van der Waals surface area contributed by atoms with Crippen LogP contribution in [0.5, 0.6) is 0 Å². The summed E-state index contributed by atoms with van der Waals surface area (Å²) in [5, 5.41) is 0. The Morgan fingerprint density at radius 1 is 1.16 bits per heavy atom. The molecule has 25 heavy (non-hydrogen) atoms. The number of carbonyl (C=O) groups is 2. The lowest BCUT2D eigenvalue weighted by molar-refractivity contribution is 0.0469. The van der Waals surface area contributed by atoms with Crippen molar-refractivity contribution in [2.24, 2.45) is 0 Å². The van der Waals surface area contributed by atoms with Gasteiger partial charge < -0.3 is 9.14 Å². The number of ether oxygens (including phenoxy) is 1. The fourth-order valence-electron chi connectivity index (χ4n) is 3.22. The van der Waals surface area contributed by atoms with E-state index in [1.165, 1.54) is 11.1 Å². The van der Waals surface area contributed by atoms with Gasteiger partial charge in [-0.15, -0.1) is 0 Å². The molecule has 0 spiro atoms. The van der Waals surface area contributed by atoms with E-state index < -0.39 is 5.97 Å². The van der Waals surface area contributed by atoms with Crippen molar-refractivity contribution in [3.05, 3.63) is 70.7 Å². The number of benzene rings is 1. The van der Waals surface area contributed by atoms with Crippen LogP contribution in [-0.4, -0.2) is 27.7 Å². The van der Waals surface area contributed by atoms with Crippen LogP contribution in [0.2, 0.25) is 0 Å². The van der Waals surface area contributed by atoms with E-state index in [9.17, 15) is 9.59 Å². The highest BCUT2D eigenvalue weighted by Gasteiger charge is 2.17. The SMILES string of the molecule is Cc1ccn2cc(C(=O)OCC(=O)c3ccc4c(c3)CCC4)nc2c1. The van der Waals surface area contributed by atoms with Crippen LogP contribution in [0.4, 0.5) is 0 Å². The highest BCUT2D eigenvalue weighted by molar-refractivity contribution is 5.99. The highest BCUT2D eigenvalue weighted by Crippen LogP contribution is 2.23. The van der Waals surface area contributed by atoms with Gasteiger partial charge >= 0.3 is 5.97 Å². The summed E-state index contributed by atoms with van der Waals surface area (Å²) in [6, 6.07) is 9.55. The summed E-state index contributed by atoms with van der Waals surface area (Å²) < 4.78 is 6.92. The van der Waals surface area contributed by atoms with Gasteiger partial charge in [-0.3, -0.25) is 4.79 Å². The first-order valence-electron chi connectivity index (χ1n) is 8.37. The Labute approximate surface area is 145 Å². The molecule has 5 heteroatoms. The summed E-state index contributed by atoms with van der Waals surface area (Å²) in [6.45, 7) is 1.69. The predicted molar refractivity (Wildman–Crippen MR) is 93.0 cm³/mol. The van der Waals surface area contributed by atoms with E-state index in [2.05, 4.69) is 4.98 Å². The first kappa shape index (κ1) is 15.6. The molecule has 126 valence electrons. The lowest BCUT2D eigenvalue weighted by atomic mass is 10.0. The molecule has 2 aromatic heterocycles. The number of ketones is 1. The standard InChI is InChI=1S/C20H18N2O3/c1-13-7-8-22-11-17(21-19(22)9-13)20(24)25-12-18(23)16-6-5-14-3-2-4-15(14)10-16/h5-11H,2-4,12H2,1H3. The molecule has 0 unspecified atom stereocenters. The van der Waals surface area contributed by atoms with Crippen LogP contribution in [0.3, 0.4) is 0 Å². The van der Waals surface area contributed by atoms with E-state index in [-0.39, 0.29) is 18.1 Å². The van der Waals surface area contributed by atoms with Crippen molar-refractivity contribution in [3.8, 4) is 0 Å². The number of aryl methyl sites for hydroxylation is 3. The molecular formula is C20H18N2O3. The largest absolute Gasteiger partial charge is 0.453 e. The van der Waals surface area contributed by atoms with Crippen LogP contribution >= 0.6 is 0 Å². The van der Waals surface area contributed by atoms with Crippen molar-refractivity contribution in [2.75, 3.05) is 6.61 Å². The van der Waals surface area contributed by atoms with Crippen LogP contribution < -0.4 is 0 Å². The van der Waals surface area contributed by atoms with Crippen LogP contribution in [-0.2, 0) is 17.6 Å². The Hall–Kier alpha value is -2.95. The number of nitrogens with zero attached hydrogens (tertiary/aromatic N) is 2. The zero-order chi connectivity index (χ0) is 17.4. The Balaban J connectivity index is 1.44. The maximum absolute atomic E-state index is 12.3. The first-order chi connectivity index (χ1) is 12.1. The number of aromatic nitrogens is 2. The molecule has 2 heterocycles. The number of pyridine rings is 1. The molecule has 0 N–H and O–H groups in total. The van der Waals surface area contributed by atoms with Crippen molar-refractivity contribution >= 4 is 17.4 Å². The number of carbonyl (C=O) groups excluding carboxylic acids is 2. The van der Waals surface area contributed by atoms with E-state index in [1.807, 2.05) is 43.5 Å². The number of esters is 1. The van der Waals surface area contributed by atoms with E-state index in [1.54, 1.807) is 10.6 Å². The van der Waals surface area contributed by atoms with Gasteiger partial charge in [0.1, 0.15) is 5.65 Å². The molecule has 1 aliphatic carbocycles. The summed E-state index contributed by atoms with van der Waals surface area (Å²) in [7, 11) is 0. The smallest absolute Gasteiger partial charge is 0.359 e. The third-order valence-corrected chi connectivity index (χ3v) is 4.58. The molecule has 0 radical (unpaired) electrons. The minimum Gasteiger partial charge on any atom is -0.453 e. The molecule has 0 aliphatic heterocycles.